The highest BCUT2D eigenvalue weighted by molar-refractivity contribution is 5.97. The van der Waals surface area contributed by atoms with E-state index in [9.17, 15) is 4.79 Å². The standard InChI is InChI=1S/C12H12N4O/c1-13-10-11-15-9-5-3-2-4-8(9)12(17)16(11)7-6-14-10/h2-5H,6-7H2,1H3,(H,13,14). The number of amidine groups is 1. The molecule has 2 aromatic rings. The van der Waals surface area contributed by atoms with Crippen LogP contribution in [0.5, 0.6) is 0 Å². The molecule has 0 amide bonds. The first kappa shape index (κ1) is 10.0. The van der Waals surface area contributed by atoms with Crippen molar-refractivity contribution in [3.05, 3.63) is 40.4 Å². The zero-order chi connectivity index (χ0) is 11.8. The number of aliphatic imine (C=N–C) groups is 1. The number of nitrogens with one attached hydrogen (secondary N) is 1. The van der Waals surface area contributed by atoms with Crippen LogP contribution in [-0.2, 0) is 6.54 Å². The second-order valence-electron chi connectivity index (χ2n) is 3.91. The van der Waals surface area contributed by atoms with Crippen molar-refractivity contribution >= 4 is 16.7 Å². The molecule has 0 saturated carbocycles. The highest BCUT2D eigenvalue weighted by Gasteiger charge is 2.18. The van der Waals surface area contributed by atoms with Gasteiger partial charge in [-0.15, -0.1) is 0 Å². The molecule has 0 bridgehead atoms. The van der Waals surface area contributed by atoms with Gasteiger partial charge in [-0.3, -0.25) is 14.4 Å². The van der Waals surface area contributed by atoms with Crippen molar-refractivity contribution in [1.82, 2.24) is 14.9 Å². The Labute approximate surface area is 97.8 Å². The molecule has 0 spiro atoms. The summed E-state index contributed by atoms with van der Waals surface area (Å²) in [7, 11) is 1.69. The summed E-state index contributed by atoms with van der Waals surface area (Å²) in [4.78, 5) is 20.9. The van der Waals surface area contributed by atoms with Crippen molar-refractivity contribution in [3.8, 4) is 0 Å². The molecule has 1 aliphatic heterocycles. The number of para-hydroxylation sites is 1. The van der Waals surface area contributed by atoms with Gasteiger partial charge in [0.2, 0.25) is 0 Å². The predicted molar refractivity (Wildman–Crippen MR) is 66.5 cm³/mol. The Morgan fingerprint density at radius 3 is 3.06 bits per heavy atom. The van der Waals surface area contributed by atoms with E-state index < -0.39 is 0 Å². The van der Waals surface area contributed by atoms with Crippen molar-refractivity contribution in [2.24, 2.45) is 4.99 Å². The molecule has 0 atom stereocenters. The number of rotatable bonds is 0. The Kier molecular flexibility index (Phi) is 2.18. The minimum absolute atomic E-state index is 0.00764. The van der Waals surface area contributed by atoms with Gasteiger partial charge in [0.05, 0.1) is 10.9 Å². The van der Waals surface area contributed by atoms with Gasteiger partial charge in [0.25, 0.3) is 5.56 Å². The molecule has 0 saturated heterocycles. The van der Waals surface area contributed by atoms with Crippen LogP contribution >= 0.6 is 0 Å². The Bertz CT molecular complexity index is 672. The maximum absolute atomic E-state index is 12.3. The molecule has 17 heavy (non-hydrogen) atoms. The van der Waals surface area contributed by atoms with E-state index in [4.69, 9.17) is 0 Å². The van der Waals surface area contributed by atoms with Gasteiger partial charge in [-0.1, -0.05) is 12.1 Å². The summed E-state index contributed by atoms with van der Waals surface area (Å²) in [6.45, 7) is 1.34. The summed E-state index contributed by atoms with van der Waals surface area (Å²) < 4.78 is 1.68. The smallest absolute Gasteiger partial charge is 0.261 e. The molecule has 0 radical (unpaired) electrons. The lowest BCUT2D eigenvalue weighted by molar-refractivity contribution is 0.606. The largest absolute Gasteiger partial charge is 0.365 e. The lowest BCUT2D eigenvalue weighted by Gasteiger charge is -2.20. The molecule has 86 valence electrons. The molecule has 5 heteroatoms. The van der Waals surface area contributed by atoms with E-state index in [-0.39, 0.29) is 5.56 Å². The first-order valence-corrected chi connectivity index (χ1v) is 5.52. The molecular formula is C12H12N4O. The lowest BCUT2D eigenvalue weighted by Crippen LogP contribution is -2.42. The van der Waals surface area contributed by atoms with Gasteiger partial charge in [-0.25, -0.2) is 4.98 Å². The number of fused-ring (bicyclic) bond motifs is 2. The van der Waals surface area contributed by atoms with E-state index in [1.165, 1.54) is 0 Å². The fraction of sp³-hybridized carbons (Fsp3) is 0.250. The van der Waals surface area contributed by atoms with Crippen LogP contribution in [0.15, 0.2) is 34.1 Å². The fourth-order valence-corrected chi connectivity index (χ4v) is 2.10. The summed E-state index contributed by atoms with van der Waals surface area (Å²) in [6, 6.07) is 7.39. The monoisotopic (exact) mass is 228 g/mol. The number of benzene rings is 1. The molecule has 1 N–H and O–H groups in total. The van der Waals surface area contributed by atoms with E-state index in [0.29, 0.717) is 35.7 Å². The molecule has 5 nitrogen and oxygen atoms in total. The Morgan fingerprint density at radius 2 is 2.24 bits per heavy atom. The zero-order valence-electron chi connectivity index (χ0n) is 9.47. The first-order valence-electron chi connectivity index (χ1n) is 5.52. The molecule has 3 rings (SSSR count). The predicted octanol–water partition coefficient (Wildman–Crippen LogP) is 0.376. The van der Waals surface area contributed by atoms with Crippen LogP contribution in [0.25, 0.3) is 10.9 Å². The van der Waals surface area contributed by atoms with Gasteiger partial charge in [-0.05, 0) is 12.1 Å². The SMILES string of the molecule is CN=C1NCCn2c1nc1ccccc1c2=O. The Morgan fingerprint density at radius 1 is 1.41 bits per heavy atom. The second kappa shape index (κ2) is 3.69. The molecule has 0 aliphatic carbocycles. The van der Waals surface area contributed by atoms with Crippen molar-refractivity contribution in [2.45, 2.75) is 6.54 Å². The van der Waals surface area contributed by atoms with Crippen molar-refractivity contribution in [2.75, 3.05) is 13.6 Å². The Hall–Kier alpha value is -2.17. The molecule has 2 heterocycles. The quantitative estimate of drug-likeness (QED) is 0.709. The molecule has 1 aliphatic rings. The maximum atomic E-state index is 12.3. The summed E-state index contributed by atoms with van der Waals surface area (Å²) in [5.74, 6) is 1.31. The van der Waals surface area contributed by atoms with Crippen LogP contribution in [-0.4, -0.2) is 29.0 Å². The third-order valence-corrected chi connectivity index (χ3v) is 2.92. The van der Waals surface area contributed by atoms with E-state index >= 15 is 0 Å². The van der Waals surface area contributed by atoms with Crippen LogP contribution in [0.3, 0.4) is 0 Å². The van der Waals surface area contributed by atoms with E-state index in [0.717, 1.165) is 0 Å². The molecule has 0 fully saturated rings. The number of aromatic nitrogens is 2. The van der Waals surface area contributed by atoms with Crippen LogP contribution in [0.2, 0.25) is 0 Å². The minimum Gasteiger partial charge on any atom is -0.365 e. The number of nitrogens with zero attached hydrogens (tertiary/aromatic N) is 3. The summed E-state index contributed by atoms with van der Waals surface area (Å²) in [6.07, 6.45) is 0. The highest BCUT2D eigenvalue weighted by Crippen LogP contribution is 2.09. The van der Waals surface area contributed by atoms with Gasteiger partial charge in [0, 0.05) is 20.1 Å². The van der Waals surface area contributed by atoms with Gasteiger partial charge in [0.1, 0.15) is 0 Å². The molecular weight excluding hydrogens is 216 g/mol. The summed E-state index contributed by atoms with van der Waals surface area (Å²) in [5, 5.41) is 3.81. The third-order valence-electron chi connectivity index (χ3n) is 2.92. The first-order chi connectivity index (χ1) is 8.31. The van der Waals surface area contributed by atoms with E-state index in [1.54, 1.807) is 11.6 Å². The van der Waals surface area contributed by atoms with Crippen LogP contribution in [0, 0.1) is 0 Å². The third kappa shape index (κ3) is 1.43. The average molecular weight is 228 g/mol. The van der Waals surface area contributed by atoms with Gasteiger partial charge in [0.15, 0.2) is 11.7 Å². The lowest BCUT2D eigenvalue weighted by atomic mass is 10.2. The van der Waals surface area contributed by atoms with E-state index in [1.807, 2.05) is 24.3 Å². The Balaban J connectivity index is 2.42. The van der Waals surface area contributed by atoms with Crippen LogP contribution in [0.4, 0.5) is 0 Å². The summed E-state index contributed by atoms with van der Waals surface area (Å²) >= 11 is 0. The topological polar surface area (TPSA) is 59.3 Å². The highest BCUT2D eigenvalue weighted by atomic mass is 16.1. The van der Waals surface area contributed by atoms with E-state index in [2.05, 4.69) is 15.3 Å². The van der Waals surface area contributed by atoms with Gasteiger partial charge >= 0.3 is 0 Å². The minimum atomic E-state index is 0.00764. The number of hydrogen-bond donors (Lipinski definition) is 1. The number of hydrogen-bond acceptors (Lipinski definition) is 3. The molecule has 1 aromatic carbocycles. The maximum Gasteiger partial charge on any atom is 0.261 e. The molecule has 1 aromatic heterocycles. The average Bonchev–Trinajstić information content (AvgIpc) is 2.38. The molecule has 0 unspecified atom stereocenters. The van der Waals surface area contributed by atoms with Crippen molar-refractivity contribution in [3.63, 3.8) is 0 Å². The van der Waals surface area contributed by atoms with Crippen LogP contribution < -0.4 is 10.9 Å². The second-order valence-corrected chi connectivity index (χ2v) is 3.91. The normalized spacial score (nSPS) is 16.9. The zero-order valence-corrected chi connectivity index (χ0v) is 9.47. The van der Waals surface area contributed by atoms with Crippen LogP contribution in [0.1, 0.15) is 5.82 Å². The summed E-state index contributed by atoms with van der Waals surface area (Å²) in [5.41, 5.74) is 0.724. The van der Waals surface area contributed by atoms with Gasteiger partial charge in [-0.2, -0.15) is 0 Å². The van der Waals surface area contributed by atoms with Crippen molar-refractivity contribution < 1.29 is 0 Å². The van der Waals surface area contributed by atoms with Gasteiger partial charge < -0.3 is 5.32 Å². The fourth-order valence-electron chi connectivity index (χ4n) is 2.10. The van der Waals surface area contributed by atoms with Crippen molar-refractivity contribution in [1.29, 1.82) is 0 Å².